The van der Waals surface area contributed by atoms with Crippen LogP contribution in [0.25, 0.3) is 11.4 Å². The summed E-state index contributed by atoms with van der Waals surface area (Å²) in [6.45, 7) is 1.06. The summed E-state index contributed by atoms with van der Waals surface area (Å²) >= 11 is 0. The van der Waals surface area contributed by atoms with Crippen molar-refractivity contribution >= 4 is 11.6 Å². The van der Waals surface area contributed by atoms with Crippen LogP contribution in [0.5, 0.6) is 0 Å². The van der Waals surface area contributed by atoms with Gasteiger partial charge in [0.1, 0.15) is 0 Å². The molecule has 24 heavy (non-hydrogen) atoms. The van der Waals surface area contributed by atoms with Gasteiger partial charge in [-0.1, -0.05) is 5.16 Å². The van der Waals surface area contributed by atoms with Crippen LogP contribution in [0.2, 0.25) is 0 Å². The Balaban J connectivity index is 1.56. The van der Waals surface area contributed by atoms with Crippen molar-refractivity contribution in [2.24, 2.45) is 5.92 Å². The number of anilines is 1. The van der Waals surface area contributed by atoms with Gasteiger partial charge in [-0.15, -0.1) is 0 Å². The zero-order valence-electron chi connectivity index (χ0n) is 12.6. The predicted molar refractivity (Wildman–Crippen MR) is 79.0 cm³/mol. The fourth-order valence-corrected chi connectivity index (χ4v) is 2.08. The number of carbonyl (C=O) groups excluding carboxylic acids is 1. The van der Waals surface area contributed by atoms with Crippen LogP contribution >= 0.6 is 0 Å². The molecule has 128 valence electrons. The van der Waals surface area contributed by atoms with E-state index in [1.54, 1.807) is 12.1 Å². The lowest BCUT2D eigenvalue weighted by molar-refractivity contribution is -0.159. The first kappa shape index (κ1) is 16.4. The van der Waals surface area contributed by atoms with E-state index in [0.29, 0.717) is 17.2 Å². The van der Waals surface area contributed by atoms with E-state index >= 15 is 0 Å². The van der Waals surface area contributed by atoms with Gasteiger partial charge in [0.2, 0.25) is 11.7 Å². The Labute approximate surface area is 135 Å². The highest BCUT2D eigenvalue weighted by Crippen LogP contribution is 2.29. The molecule has 1 aromatic heterocycles. The van der Waals surface area contributed by atoms with Gasteiger partial charge in [-0.3, -0.25) is 4.79 Å². The van der Waals surface area contributed by atoms with Crippen LogP contribution in [0.1, 0.15) is 18.7 Å². The molecule has 0 spiro atoms. The molecule has 2 N–H and O–H groups in total. The number of hydrogen-bond donors (Lipinski definition) is 2. The van der Waals surface area contributed by atoms with Crippen molar-refractivity contribution in [3.05, 3.63) is 30.2 Å². The molecular formula is C15H15F3N4O2. The van der Waals surface area contributed by atoms with E-state index in [1.165, 1.54) is 25.0 Å². The molecular weight excluding hydrogens is 325 g/mol. The molecule has 1 aromatic carbocycles. The second-order valence-corrected chi connectivity index (χ2v) is 5.62. The van der Waals surface area contributed by atoms with Crippen molar-refractivity contribution in [2.75, 3.05) is 18.4 Å². The molecule has 0 radical (unpaired) electrons. The zero-order valence-corrected chi connectivity index (χ0v) is 12.6. The number of rotatable bonds is 6. The standard InChI is InChI=1S/C15H15F3N4O2/c16-15(17,18)14-21-13(22-24-14)10-3-5-11(6-4-10)20-12(23)8-19-7-9-1-2-9/h3-6,9,19H,1-2,7-8H2,(H,20,23). The van der Waals surface area contributed by atoms with Gasteiger partial charge in [-0.25, -0.2) is 0 Å². The van der Waals surface area contributed by atoms with E-state index in [1.807, 2.05) is 0 Å². The summed E-state index contributed by atoms with van der Waals surface area (Å²) in [5, 5.41) is 9.07. The Bertz CT molecular complexity index is 708. The van der Waals surface area contributed by atoms with Gasteiger partial charge in [0.05, 0.1) is 6.54 Å². The fourth-order valence-electron chi connectivity index (χ4n) is 2.08. The maximum absolute atomic E-state index is 12.4. The molecule has 9 heteroatoms. The minimum atomic E-state index is -4.67. The minimum absolute atomic E-state index is 0.161. The lowest BCUT2D eigenvalue weighted by atomic mass is 10.2. The third-order valence-electron chi connectivity index (χ3n) is 3.51. The van der Waals surface area contributed by atoms with E-state index in [2.05, 4.69) is 25.3 Å². The van der Waals surface area contributed by atoms with Crippen molar-refractivity contribution in [3.63, 3.8) is 0 Å². The van der Waals surface area contributed by atoms with Crippen molar-refractivity contribution < 1.29 is 22.5 Å². The Hall–Kier alpha value is -2.42. The molecule has 1 aliphatic carbocycles. The fraction of sp³-hybridized carbons (Fsp3) is 0.400. The van der Waals surface area contributed by atoms with Crippen LogP contribution in [-0.2, 0) is 11.0 Å². The molecule has 6 nitrogen and oxygen atoms in total. The monoisotopic (exact) mass is 340 g/mol. The summed E-state index contributed by atoms with van der Waals surface area (Å²) in [6, 6.07) is 6.16. The summed E-state index contributed by atoms with van der Waals surface area (Å²) in [5.41, 5.74) is 0.899. The number of benzene rings is 1. The van der Waals surface area contributed by atoms with Crippen LogP contribution in [0.4, 0.5) is 18.9 Å². The van der Waals surface area contributed by atoms with Crippen LogP contribution in [0.15, 0.2) is 28.8 Å². The van der Waals surface area contributed by atoms with Gasteiger partial charge in [0, 0.05) is 11.3 Å². The Morgan fingerprint density at radius 2 is 1.96 bits per heavy atom. The maximum Gasteiger partial charge on any atom is 0.471 e. The number of hydrogen-bond acceptors (Lipinski definition) is 5. The molecule has 1 saturated carbocycles. The summed E-state index contributed by atoms with van der Waals surface area (Å²) in [5.74, 6) is -1.04. The van der Waals surface area contributed by atoms with E-state index in [4.69, 9.17) is 0 Å². The molecule has 0 atom stereocenters. The number of alkyl halides is 3. The Kier molecular flexibility index (Phi) is 4.52. The first-order valence-corrected chi connectivity index (χ1v) is 7.44. The molecule has 0 saturated heterocycles. The number of halogens is 3. The highest BCUT2D eigenvalue weighted by atomic mass is 19.4. The quantitative estimate of drug-likeness (QED) is 0.845. The maximum atomic E-state index is 12.4. The average Bonchev–Trinajstić information content (AvgIpc) is 3.20. The van der Waals surface area contributed by atoms with Gasteiger partial charge in [-0.05, 0) is 49.6 Å². The molecule has 1 fully saturated rings. The predicted octanol–water partition coefficient (Wildman–Crippen LogP) is 2.69. The summed E-state index contributed by atoms with van der Waals surface area (Å²) in [7, 11) is 0. The average molecular weight is 340 g/mol. The molecule has 1 heterocycles. The molecule has 1 aliphatic rings. The zero-order chi connectivity index (χ0) is 17.2. The number of aromatic nitrogens is 2. The third kappa shape index (κ3) is 4.31. The molecule has 3 rings (SSSR count). The lowest BCUT2D eigenvalue weighted by Crippen LogP contribution is -2.29. The Morgan fingerprint density at radius 1 is 1.25 bits per heavy atom. The normalized spacial score (nSPS) is 14.6. The van der Waals surface area contributed by atoms with E-state index in [-0.39, 0.29) is 18.3 Å². The molecule has 0 aliphatic heterocycles. The third-order valence-corrected chi connectivity index (χ3v) is 3.51. The van der Waals surface area contributed by atoms with Crippen LogP contribution in [-0.4, -0.2) is 29.1 Å². The van der Waals surface area contributed by atoms with Crippen LogP contribution in [0, 0.1) is 5.92 Å². The summed E-state index contributed by atoms with van der Waals surface area (Å²) in [4.78, 5) is 15.0. The van der Waals surface area contributed by atoms with E-state index in [0.717, 1.165) is 6.54 Å². The van der Waals surface area contributed by atoms with Crippen molar-refractivity contribution in [1.82, 2.24) is 15.5 Å². The SMILES string of the molecule is O=C(CNCC1CC1)Nc1ccc(-c2noc(C(F)(F)F)n2)cc1. The minimum Gasteiger partial charge on any atom is -0.329 e. The summed E-state index contributed by atoms with van der Waals surface area (Å²) < 4.78 is 41.5. The van der Waals surface area contributed by atoms with Gasteiger partial charge in [0.25, 0.3) is 0 Å². The molecule has 1 amide bonds. The smallest absolute Gasteiger partial charge is 0.329 e. The number of carbonyl (C=O) groups is 1. The van der Waals surface area contributed by atoms with Gasteiger partial charge >= 0.3 is 12.1 Å². The second-order valence-electron chi connectivity index (χ2n) is 5.62. The van der Waals surface area contributed by atoms with Crippen molar-refractivity contribution in [2.45, 2.75) is 19.0 Å². The topological polar surface area (TPSA) is 80.0 Å². The molecule has 2 aromatic rings. The highest BCUT2D eigenvalue weighted by molar-refractivity contribution is 5.92. The number of nitrogens with zero attached hydrogens (tertiary/aromatic N) is 2. The van der Waals surface area contributed by atoms with Gasteiger partial charge in [0.15, 0.2) is 0 Å². The van der Waals surface area contributed by atoms with Gasteiger partial charge < -0.3 is 15.2 Å². The van der Waals surface area contributed by atoms with Crippen molar-refractivity contribution in [1.29, 1.82) is 0 Å². The highest BCUT2D eigenvalue weighted by Gasteiger charge is 2.38. The largest absolute Gasteiger partial charge is 0.471 e. The number of nitrogens with one attached hydrogen (secondary N) is 2. The van der Waals surface area contributed by atoms with Gasteiger partial charge in [-0.2, -0.15) is 18.2 Å². The summed E-state index contributed by atoms with van der Waals surface area (Å²) in [6.07, 6.45) is -2.25. The first-order valence-electron chi connectivity index (χ1n) is 7.44. The first-order chi connectivity index (χ1) is 11.4. The number of amides is 1. The van der Waals surface area contributed by atoms with E-state index in [9.17, 15) is 18.0 Å². The molecule has 0 bridgehead atoms. The lowest BCUT2D eigenvalue weighted by Gasteiger charge is -2.06. The van der Waals surface area contributed by atoms with Crippen LogP contribution in [0.3, 0.4) is 0 Å². The van der Waals surface area contributed by atoms with Crippen molar-refractivity contribution in [3.8, 4) is 11.4 Å². The van der Waals surface area contributed by atoms with E-state index < -0.39 is 12.1 Å². The molecule has 0 unspecified atom stereocenters. The Morgan fingerprint density at radius 3 is 2.54 bits per heavy atom. The van der Waals surface area contributed by atoms with Crippen LogP contribution < -0.4 is 10.6 Å². The second kappa shape index (κ2) is 6.60.